The largest absolute Gasteiger partial charge is 0.614 e. The minimum absolute atomic E-state index is 0.0115. The van der Waals surface area contributed by atoms with Gasteiger partial charge in [0.05, 0.1) is 6.20 Å². The van der Waals surface area contributed by atoms with Crippen LogP contribution in [0.25, 0.3) is 5.82 Å². The molecule has 0 saturated carbocycles. The Morgan fingerprint density at radius 2 is 1.87 bits per heavy atom. The molecule has 0 fully saturated rings. The van der Waals surface area contributed by atoms with Gasteiger partial charge in [0, 0.05) is 49.3 Å². The van der Waals surface area contributed by atoms with Crippen LogP contribution in [0.3, 0.4) is 0 Å². The number of halogens is 3. The molecule has 10 nitrogen and oxygen atoms in total. The maximum Gasteiger partial charge on any atom is 0.370 e. The normalized spacial score (nSPS) is 18.0. The maximum atomic E-state index is 14.1. The van der Waals surface area contributed by atoms with E-state index in [-0.39, 0.29) is 34.3 Å². The van der Waals surface area contributed by atoms with E-state index in [0.717, 1.165) is 10.8 Å². The van der Waals surface area contributed by atoms with Crippen molar-refractivity contribution in [1.82, 2.24) is 24.2 Å². The SMILES string of the molecule is CC1=CC(OCc2ncc(F)cc2F)=C(Cl)C(=O)[N+]1([O-])c1cc(-n2ccnc(C(C)(C)O)c2=O)ncc1C. The van der Waals surface area contributed by atoms with E-state index in [0.29, 0.717) is 11.6 Å². The van der Waals surface area contributed by atoms with Gasteiger partial charge in [0.15, 0.2) is 22.3 Å². The first kappa shape index (κ1) is 27.2. The Hall–Kier alpha value is -3.84. The fourth-order valence-corrected chi connectivity index (χ4v) is 4.06. The highest BCUT2D eigenvalue weighted by molar-refractivity contribution is 6.44. The standard InChI is InChI=1S/C25H22ClF2N5O5/c1-13-10-31-20(32-6-5-29-22(23(32)34)25(3,4)36)9-18(13)33(37)14(2)7-19(21(26)24(33)35)38-12-17-16(28)8-15(27)11-30-17/h5-11,36H,12H2,1-4H3. The number of quaternary nitrogens is 1. The number of nitrogens with zero attached hydrogens (tertiary/aromatic N) is 5. The second-order valence-electron chi connectivity index (χ2n) is 9.09. The van der Waals surface area contributed by atoms with Crippen molar-refractivity contribution in [3.8, 4) is 5.82 Å². The Bertz CT molecular complexity index is 1580. The number of amides is 1. The van der Waals surface area contributed by atoms with Crippen molar-refractivity contribution in [2.75, 3.05) is 0 Å². The molecule has 0 radical (unpaired) electrons. The molecule has 0 spiro atoms. The van der Waals surface area contributed by atoms with Crippen molar-refractivity contribution < 1.29 is 23.4 Å². The molecule has 1 unspecified atom stereocenters. The molecule has 38 heavy (non-hydrogen) atoms. The quantitative estimate of drug-likeness (QED) is 0.366. The number of ether oxygens (including phenoxy) is 1. The first-order valence-electron chi connectivity index (χ1n) is 11.2. The molecule has 1 N–H and O–H groups in total. The van der Waals surface area contributed by atoms with E-state index in [9.17, 15) is 28.7 Å². The van der Waals surface area contributed by atoms with Gasteiger partial charge in [-0.2, -0.15) is 0 Å². The summed E-state index contributed by atoms with van der Waals surface area (Å²) < 4.78 is 32.0. The van der Waals surface area contributed by atoms with Gasteiger partial charge in [0.1, 0.15) is 40.9 Å². The molecule has 1 aliphatic heterocycles. The average molecular weight is 546 g/mol. The number of hydrogen-bond acceptors (Lipinski definition) is 8. The molecule has 0 saturated heterocycles. The van der Waals surface area contributed by atoms with Crippen molar-refractivity contribution in [1.29, 1.82) is 0 Å². The third-order valence-electron chi connectivity index (χ3n) is 5.84. The summed E-state index contributed by atoms with van der Waals surface area (Å²) in [5.74, 6) is -3.07. The van der Waals surface area contributed by atoms with Crippen LogP contribution >= 0.6 is 11.6 Å². The average Bonchev–Trinajstić information content (AvgIpc) is 2.85. The molecule has 3 aromatic heterocycles. The summed E-state index contributed by atoms with van der Waals surface area (Å²) in [6.45, 7) is 5.29. The predicted octanol–water partition coefficient (Wildman–Crippen LogP) is 3.75. The maximum absolute atomic E-state index is 14.1. The molecule has 0 aliphatic carbocycles. The number of hydroxylamine groups is 2. The van der Waals surface area contributed by atoms with E-state index in [1.54, 1.807) is 6.92 Å². The number of carbonyl (C=O) groups excluding carboxylic acids is 1. The number of rotatable bonds is 6. The summed E-state index contributed by atoms with van der Waals surface area (Å²) >= 11 is 6.23. The lowest BCUT2D eigenvalue weighted by molar-refractivity contribution is -0.122. The summed E-state index contributed by atoms with van der Waals surface area (Å²) in [5.41, 5.74) is -2.33. The molecule has 4 heterocycles. The molecule has 1 atom stereocenters. The molecule has 13 heteroatoms. The van der Waals surface area contributed by atoms with Gasteiger partial charge in [0.25, 0.3) is 5.56 Å². The Morgan fingerprint density at radius 3 is 2.53 bits per heavy atom. The Kier molecular flexibility index (Phi) is 7.01. The van der Waals surface area contributed by atoms with Crippen LogP contribution < -0.4 is 10.2 Å². The van der Waals surface area contributed by atoms with E-state index in [2.05, 4.69) is 15.0 Å². The predicted molar refractivity (Wildman–Crippen MR) is 133 cm³/mol. The van der Waals surface area contributed by atoms with E-state index < -0.39 is 45.0 Å². The fraction of sp³-hybridized carbons (Fsp3) is 0.240. The van der Waals surface area contributed by atoms with Gasteiger partial charge in [0.2, 0.25) is 0 Å². The Balaban J connectivity index is 1.72. The molecule has 1 aliphatic rings. The number of hydrogen-bond donors (Lipinski definition) is 1. The first-order chi connectivity index (χ1) is 17.7. The molecule has 0 bridgehead atoms. The van der Waals surface area contributed by atoms with Crippen LogP contribution in [0, 0.1) is 23.8 Å². The number of allylic oxidation sites excluding steroid dienone is 2. The van der Waals surface area contributed by atoms with Crippen molar-refractivity contribution >= 4 is 23.2 Å². The molecular weight excluding hydrogens is 524 g/mol. The lowest BCUT2D eigenvalue weighted by Crippen LogP contribution is -2.49. The Morgan fingerprint density at radius 1 is 1.16 bits per heavy atom. The van der Waals surface area contributed by atoms with Crippen LogP contribution in [0.5, 0.6) is 0 Å². The first-order valence-corrected chi connectivity index (χ1v) is 11.6. The third kappa shape index (κ3) is 4.74. The molecular formula is C25H22ClF2N5O5. The van der Waals surface area contributed by atoms with Crippen LogP contribution in [0.2, 0.25) is 0 Å². The lowest BCUT2D eigenvalue weighted by atomic mass is 10.1. The highest BCUT2D eigenvalue weighted by Gasteiger charge is 2.42. The van der Waals surface area contributed by atoms with E-state index in [4.69, 9.17) is 16.3 Å². The minimum Gasteiger partial charge on any atom is -0.614 e. The zero-order valence-electron chi connectivity index (χ0n) is 20.7. The second-order valence-corrected chi connectivity index (χ2v) is 9.47. The topological polar surface area (TPSA) is 130 Å². The zero-order chi connectivity index (χ0) is 28.0. The lowest BCUT2D eigenvalue weighted by Gasteiger charge is -2.41. The molecule has 3 aromatic rings. The smallest absolute Gasteiger partial charge is 0.370 e. The van der Waals surface area contributed by atoms with Gasteiger partial charge in [-0.05, 0) is 20.8 Å². The fourth-order valence-electron chi connectivity index (χ4n) is 3.83. The van der Waals surface area contributed by atoms with Crippen molar-refractivity contribution in [3.63, 3.8) is 0 Å². The summed E-state index contributed by atoms with van der Waals surface area (Å²) in [7, 11) is 0. The van der Waals surface area contributed by atoms with Crippen molar-refractivity contribution in [2.45, 2.75) is 39.9 Å². The zero-order valence-corrected chi connectivity index (χ0v) is 21.5. The molecule has 1 amide bonds. The summed E-state index contributed by atoms with van der Waals surface area (Å²) in [4.78, 5) is 38.1. The van der Waals surface area contributed by atoms with Crippen LogP contribution in [0.4, 0.5) is 14.5 Å². The summed E-state index contributed by atoms with van der Waals surface area (Å²) in [6.07, 6.45) is 5.99. The number of carbonyl (C=O) groups is 1. The van der Waals surface area contributed by atoms with E-state index >= 15 is 0 Å². The van der Waals surface area contributed by atoms with Crippen molar-refractivity contribution in [2.24, 2.45) is 0 Å². The number of aliphatic hydroxyl groups is 1. The highest BCUT2D eigenvalue weighted by Crippen LogP contribution is 2.39. The molecule has 0 aromatic carbocycles. The number of aryl methyl sites for hydroxylation is 1. The van der Waals surface area contributed by atoms with Crippen LogP contribution in [-0.2, 0) is 21.7 Å². The van der Waals surface area contributed by atoms with Gasteiger partial charge in [-0.25, -0.2) is 23.2 Å². The molecule has 4 rings (SSSR count). The monoisotopic (exact) mass is 545 g/mol. The third-order valence-corrected chi connectivity index (χ3v) is 6.19. The van der Waals surface area contributed by atoms with Crippen LogP contribution in [-0.4, -0.2) is 30.5 Å². The Labute approximate surface area is 220 Å². The van der Waals surface area contributed by atoms with E-state index in [1.807, 2.05) is 0 Å². The van der Waals surface area contributed by atoms with Crippen LogP contribution in [0.15, 0.2) is 64.3 Å². The van der Waals surface area contributed by atoms with Crippen molar-refractivity contribution in [3.05, 3.63) is 104 Å². The van der Waals surface area contributed by atoms with E-state index in [1.165, 1.54) is 51.5 Å². The minimum atomic E-state index is -1.63. The molecule has 198 valence electrons. The summed E-state index contributed by atoms with van der Waals surface area (Å²) in [5, 5.41) is 23.8. The van der Waals surface area contributed by atoms with Gasteiger partial charge < -0.3 is 15.1 Å². The second kappa shape index (κ2) is 9.80. The number of pyridine rings is 2. The van der Waals surface area contributed by atoms with Gasteiger partial charge in [-0.3, -0.25) is 19.3 Å². The van der Waals surface area contributed by atoms with Gasteiger partial charge >= 0.3 is 5.91 Å². The highest BCUT2D eigenvalue weighted by atomic mass is 35.5. The van der Waals surface area contributed by atoms with Gasteiger partial charge in [-0.1, -0.05) is 11.6 Å². The number of aromatic nitrogens is 4. The summed E-state index contributed by atoms with van der Waals surface area (Å²) in [6, 6.07) is 1.91. The van der Waals surface area contributed by atoms with Gasteiger partial charge in [-0.15, -0.1) is 0 Å². The van der Waals surface area contributed by atoms with Crippen LogP contribution in [0.1, 0.15) is 37.7 Å².